The number of hydrogen-bond acceptors (Lipinski definition) is 6. The molecule has 28 heavy (non-hydrogen) atoms. The summed E-state index contributed by atoms with van der Waals surface area (Å²) in [5, 5.41) is 21.3. The molecule has 1 aliphatic heterocycles. The smallest absolute Gasteiger partial charge is 0.198 e. The highest BCUT2D eigenvalue weighted by atomic mass is 16.5. The highest BCUT2D eigenvalue weighted by Crippen LogP contribution is 2.42. The lowest BCUT2D eigenvalue weighted by molar-refractivity contribution is -0.142. The van der Waals surface area contributed by atoms with Gasteiger partial charge in [0.2, 0.25) is 0 Å². The zero-order valence-corrected chi connectivity index (χ0v) is 16.0. The number of ketones is 2. The minimum atomic E-state index is -0.652. The number of benzene rings is 2. The van der Waals surface area contributed by atoms with E-state index in [9.17, 15) is 19.8 Å². The number of hydrogen-bond donors (Lipinski definition) is 2. The maximum atomic E-state index is 13.0. The number of carbonyl (C=O) groups is 2. The number of carbonyl (C=O) groups excluding carboxylic acids is 2. The molecule has 2 aromatic rings. The van der Waals surface area contributed by atoms with E-state index in [0.29, 0.717) is 23.1 Å². The van der Waals surface area contributed by atoms with Crippen LogP contribution in [0.5, 0.6) is 5.75 Å². The molecule has 2 aliphatic rings. The Kier molecular flexibility index (Phi) is 4.57. The fourth-order valence-corrected chi connectivity index (χ4v) is 4.23. The van der Waals surface area contributed by atoms with Gasteiger partial charge in [0.05, 0.1) is 23.9 Å². The number of aromatic hydroxyl groups is 1. The van der Waals surface area contributed by atoms with Crippen molar-refractivity contribution < 1.29 is 24.5 Å². The standard InChI is InChI=1S/C22H23NO5/c1-11-19(24)16(23(2)3)10-17(28-11)14-8-9-15-18(22(14)27)21(26)13-7-5-4-6-12(13)20(15)25/h4-9,11,16-17,19,24,27H,10H2,1-3H3/t11-,16-,17-,19-/m1/s1. The number of phenols is 1. The normalized spacial score (nSPS) is 26.9. The second kappa shape index (κ2) is 6.81. The molecule has 6 nitrogen and oxygen atoms in total. The van der Waals surface area contributed by atoms with Gasteiger partial charge in [0.15, 0.2) is 11.6 Å². The van der Waals surface area contributed by atoms with Crippen LogP contribution in [0.1, 0.15) is 56.9 Å². The summed E-state index contributed by atoms with van der Waals surface area (Å²) in [5.74, 6) is -0.847. The SMILES string of the molecule is C[C@H]1O[C@@H](c2ccc3c(c2O)C(=O)c2ccccc2C3=O)C[C@@H](N(C)C)[C@@H]1O. The largest absolute Gasteiger partial charge is 0.507 e. The summed E-state index contributed by atoms with van der Waals surface area (Å²) in [5.41, 5.74) is 1.35. The van der Waals surface area contributed by atoms with Crippen molar-refractivity contribution in [2.45, 2.75) is 37.7 Å². The third kappa shape index (κ3) is 2.76. The number of ether oxygens (including phenoxy) is 1. The number of fused-ring (bicyclic) bond motifs is 2. The van der Waals surface area contributed by atoms with E-state index in [-0.39, 0.29) is 34.5 Å². The molecule has 1 fully saturated rings. The molecule has 146 valence electrons. The molecule has 4 atom stereocenters. The van der Waals surface area contributed by atoms with E-state index >= 15 is 0 Å². The van der Waals surface area contributed by atoms with Crippen molar-refractivity contribution in [1.29, 1.82) is 0 Å². The molecule has 1 saturated heterocycles. The molecular formula is C22H23NO5. The van der Waals surface area contributed by atoms with Crippen LogP contribution in [0.4, 0.5) is 0 Å². The van der Waals surface area contributed by atoms with Gasteiger partial charge in [0, 0.05) is 28.3 Å². The molecule has 2 N–H and O–H groups in total. The van der Waals surface area contributed by atoms with E-state index in [1.54, 1.807) is 43.3 Å². The van der Waals surface area contributed by atoms with E-state index in [2.05, 4.69) is 0 Å². The third-order valence-electron chi connectivity index (χ3n) is 5.82. The molecule has 0 saturated carbocycles. The van der Waals surface area contributed by atoms with E-state index in [0.717, 1.165) is 0 Å². The van der Waals surface area contributed by atoms with Gasteiger partial charge in [-0.1, -0.05) is 30.3 Å². The molecule has 1 heterocycles. The minimum Gasteiger partial charge on any atom is -0.507 e. The predicted octanol–water partition coefficient (Wildman–Crippen LogP) is 2.31. The Morgan fingerprint density at radius 1 is 1.00 bits per heavy atom. The van der Waals surface area contributed by atoms with Crippen molar-refractivity contribution in [2.24, 2.45) is 0 Å². The lowest BCUT2D eigenvalue weighted by Gasteiger charge is -2.41. The van der Waals surface area contributed by atoms with Gasteiger partial charge in [-0.3, -0.25) is 9.59 Å². The summed E-state index contributed by atoms with van der Waals surface area (Å²) >= 11 is 0. The van der Waals surface area contributed by atoms with E-state index in [4.69, 9.17) is 4.74 Å². The Morgan fingerprint density at radius 3 is 2.29 bits per heavy atom. The predicted molar refractivity (Wildman–Crippen MR) is 103 cm³/mol. The average Bonchev–Trinajstić information content (AvgIpc) is 2.67. The van der Waals surface area contributed by atoms with Gasteiger partial charge in [0.25, 0.3) is 0 Å². The Balaban J connectivity index is 1.78. The van der Waals surface area contributed by atoms with Crippen molar-refractivity contribution >= 4 is 11.6 Å². The van der Waals surface area contributed by atoms with Gasteiger partial charge in [-0.15, -0.1) is 0 Å². The van der Waals surface area contributed by atoms with Crippen LogP contribution in [-0.4, -0.2) is 59.0 Å². The van der Waals surface area contributed by atoms with Gasteiger partial charge in [-0.2, -0.15) is 0 Å². The van der Waals surface area contributed by atoms with Crippen molar-refractivity contribution in [1.82, 2.24) is 4.90 Å². The third-order valence-corrected chi connectivity index (χ3v) is 5.82. The molecule has 0 aromatic heterocycles. The van der Waals surface area contributed by atoms with E-state index < -0.39 is 18.3 Å². The molecular weight excluding hydrogens is 358 g/mol. The maximum Gasteiger partial charge on any atom is 0.198 e. The van der Waals surface area contributed by atoms with Crippen LogP contribution in [0.15, 0.2) is 36.4 Å². The van der Waals surface area contributed by atoms with Crippen LogP contribution in [-0.2, 0) is 4.74 Å². The topological polar surface area (TPSA) is 87.1 Å². The number of rotatable bonds is 2. The number of aliphatic hydroxyl groups excluding tert-OH is 1. The summed E-state index contributed by atoms with van der Waals surface area (Å²) in [6.07, 6.45) is -1.11. The van der Waals surface area contributed by atoms with Gasteiger partial charge >= 0.3 is 0 Å². The van der Waals surface area contributed by atoms with Gasteiger partial charge in [0.1, 0.15) is 5.75 Å². The Bertz CT molecular complexity index is 967. The lowest BCUT2D eigenvalue weighted by atomic mass is 9.81. The van der Waals surface area contributed by atoms with Gasteiger partial charge in [-0.25, -0.2) is 0 Å². The summed E-state index contributed by atoms with van der Waals surface area (Å²) in [6.45, 7) is 1.79. The molecule has 0 spiro atoms. The fourth-order valence-electron chi connectivity index (χ4n) is 4.23. The number of likely N-dealkylation sites (N-methyl/N-ethyl adjacent to an activating group) is 1. The maximum absolute atomic E-state index is 13.0. The van der Waals surface area contributed by atoms with Crippen LogP contribution in [0.3, 0.4) is 0 Å². The van der Waals surface area contributed by atoms with Crippen LogP contribution >= 0.6 is 0 Å². The quantitative estimate of drug-likeness (QED) is 0.708. The molecule has 4 rings (SSSR count). The molecule has 0 bridgehead atoms. The summed E-state index contributed by atoms with van der Waals surface area (Å²) in [4.78, 5) is 27.7. The molecule has 0 unspecified atom stereocenters. The lowest BCUT2D eigenvalue weighted by Crippen LogP contribution is -2.50. The minimum absolute atomic E-state index is 0.0324. The number of nitrogens with zero attached hydrogens (tertiary/aromatic N) is 1. The van der Waals surface area contributed by atoms with Crippen LogP contribution in [0.2, 0.25) is 0 Å². The second-order valence-corrected chi connectivity index (χ2v) is 7.72. The zero-order valence-electron chi connectivity index (χ0n) is 16.0. The average molecular weight is 381 g/mol. The van der Waals surface area contributed by atoms with Crippen LogP contribution in [0, 0.1) is 0 Å². The Hall–Kier alpha value is -2.54. The molecule has 2 aromatic carbocycles. The summed E-state index contributed by atoms with van der Waals surface area (Å²) < 4.78 is 5.94. The Morgan fingerprint density at radius 2 is 1.64 bits per heavy atom. The zero-order chi connectivity index (χ0) is 20.2. The van der Waals surface area contributed by atoms with Crippen molar-refractivity contribution in [3.63, 3.8) is 0 Å². The first kappa shape index (κ1) is 18.8. The molecule has 6 heteroatoms. The van der Waals surface area contributed by atoms with Crippen molar-refractivity contribution in [3.8, 4) is 5.75 Å². The van der Waals surface area contributed by atoms with Crippen molar-refractivity contribution in [3.05, 3.63) is 64.2 Å². The highest BCUT2D eigenvalue weighted by molar-refractivity contribution is 6.29. The molecule has 0 amide bonds. The summed E-state index contributed by atoms with van der Waals surface area (Å²) in [6, 6.07) is 9.72. The first-order valence-corrected chi connectivity index (χ1v) is 9.35. The Labute approximate surface area is 163 Å². The second-order valence-electron chi connectivity index (χ2n) is 7.72. The monoisotopic (exact) mass is 381 g/mol. The van der Waals surface area contributed by atoms with Crippen LogP contribution in [0.25, 0.3) is 0 Å². The van der Waals surface area contributed by atoms with Gasteiger partial charge < -0.3 is 19.8 Å². The number of aliphatic hydroxyl groups is 1. The first-order chi connectivity index (χ1) is 13.3. The van der Waals surface area contributed by atoms with Gasteiger partial charge in [-0.05, 0) is 33.5 Å². The first-order valence-electron chi connectivity index (χ1n) is 9.35. The molecule has 0 radical (unpaired) electrons. The van der Waals surface area contributed by atoms with E-state index in [1.165, 1.54) is 0 Å². The van der Waals surface area contributed by atoms with Crippen molar-refractivity contribution in [2.75, 3.05) is 14.1 Å². The molecule has 1 aliphatic carbocycles. The van der Waals surface area contributed by atoms with Crippen LogP contribution < -0.4 is 0 Å². The van der Waals surface area contributed by atoms with E-state index in [1.807, 2.05) is 19.0 Å². The highest BCUT2D eigenvalue weighted by Gasteiger charge is 2.40. The summed E-state index contributed by atoms with van der Waals surface area (Å²) in [7, 11) is 3.77. The fraction of sp³-hybridized carbons (Fsp3) is 0.364. The number of phenolic OH excluding ortho intramolecular Hbond substituents is 1.